The number of unbranched alkanes of at least 4 members (excludes halogenated alkanes) is 1. The molecule has 1 rings (SSSR count). The Bertz CT molecular complexity index is 172. The van der Waals surface area contributed by atoms with Crippen molar-refractivity contribution in [1.29, 1.82) is 0 Å². The zero-order chi connectivity index (χ0) is 11.8. The molecule has 1 fully saturated rings. The molecule has 2 N–H and O–H groups in total. The van der Waals surface area contributed by atoms with Gasteiger partial charge in [0.2, 0.25) is 0 Å². The predicted molar refractivity (Wildman–Crippen MR) is 67.7 cm³/mol. The maximum absolute atomic E-state index is 9.97. The van der Waals surface area contributed by atoms with E-state index in [0.717, 1.165) is 45.8 Å². The van der Waals surface area contributed by atoms with Gasteiger partial charge >= 0.3 is 0 Å². The van der Waals surface area contributed by atoms with Crippen molar-refractivity contribution in [3.8, 4) is 0 Å². The Balaban J connectivity index is 2.11. The van der Waals surface area contributed by atoms with Crippen LogP contribution in [0, 0.1) is 0 Å². The second-order valence-corrected chi connectivity index (χ2v) is 4.82. The molecule has 1 atom stereocenters. The van der Waals surface area contributed by atoms with Crippen molar-refractivity contribution in [3.05, 3.63) is 0 Å². The molecule has 0 spiro atoms. The van der Waals surface area contributed by atoms with E-state index in [0.29, 0.717) is 0 Å². The third-order valence-corrected chi connectivity index (χ3v) is 3.09. The fourth-order valence-electron chi connectivity index (χ4n) is 2.13. The summed E-state index contributed by atoms with van der Waals surface area (Å²) < 4.78 is 0. The molecule has 0 radical (unpaired) electrons. The number of hydrogen-bond donors (Lipinski definition) is 2. The van der Waals surface area contributed by atoms with E-state index in [9.17, 15) is 5.11 Å². The highest BCUT2D eigenvalue weighted by atomic mass is 16.3. The second-order valence-electron chi connectivity index (χ2n) is 4.82. The van der Waals surface area contributed by atoms with Gasteiger partial charge in [0.15, 0.2) is 0 Å². The minimum atomic E-state index is -0.208. The van der Waals surface area contributed by atoms with Gasteiger partial charge in [-0.2, -0.15) is 0 Å². The van der Waals surface area contributed by atoms with E-state index in [-0.39, 0.29) is 6.10 Å². The second kappa shape index (κ2) is 8.01. The average Bonchev–Trinajstić information content (AvgIpc) is 2.27. The number of nitrogens with one attached hydrogen (secondary N) is 1. The first kappa shape index (κ1) is 13.9. The van der Waals surface area contributed by atoms with Crippen LogP contribution in [0.1, 0.15) is 19.8 Å². The molecule has 1 saturated heterocycles. The third kappa shape index (κ3) is 5.80. The summed E-state index contributed by atoms with van der Waals surface area (Å²) in [5.74, 6) is 0. The molecule has 1 aliphatic rings. The van der Waals surface area contributed by atoms with Crippen molar-refractivity contribution >= 4 is 0 Å². The number of aliphatic hydroxyl groups excluding tert-OH is 1. The van der Waals surface area contributed by atoms with E-state index in [1.807, 2.05) is 0 Å². The molecule has 0 aliphatic carbocycles. The first-order valence-electron chi connectivity index (χ1n) is 6.52. The van der Waals surface area contributed by atoms with Gasteiger partial charge in [0.05, 0.1) is 6.10 Å². The fraction of sp³-hybridized carbons (Fsp3) is 1.00. The molecule has 0 amide bonds. The van der Waals surface area contributed by atoms with E-state index < -0.39 is 0 Å². The van der Waals surface area contributed by atoms with Crippen molar-refractivity contribution in [2.45, 2.75) is 25.9 Å². The van der Waals surface area contributed by atoms with Crippen LogP contribution in [0.15, 0.2) is 0 Å². The number of hydrogen-bond acceptors (Lipinski definition) is 4. The molecule has 4 nitrogen and oxygen atoms in total. The van der Waals surface area contributed by atoms with Crippen LogP contribution in [0.25, 0.3) is 0 Å². The zero-order valence-corrected chi connectivity index (χ0v) is 10.8. The highest BCUT2D eigenvalue weighted by Crippen LogP contribution is 1.98. The van der Waals surface area contributed by atoms with E-state index in [1.54, 1.807) is 0 Å². The molecule has 0 aromatic carbocycles. The monoisotopic (exact) mass is 229 g/mol. The molecule has 0 aromatic rings. The lowest BCUT2D eigenvalue weighted by Gasteiger charge is -2.30. The van der Waals surface area contributed by atoms with Crippen LogP contribution in [0.3, 0.4) is 0 Å². The van der Waals surface area contributed by atoms with Gasteiger partial charge < -0.3 is 15.3 Å². The van der Waals surface area contributed by atoms with Gasteiger partial charge in [0, 0.05) is 39.3 Å². The van der Waals surface area contributed by atoms with Crippen LogP contribution < -0.4 is 5.32 Å². The van der Waals surface area contributed by atoms with Crippen molar-refractivity contribution in [2.24, 2.45) is 0 Å². The number of rotatable bonds is 7. The Morgan fingerprint density at radius 3 is 2.69 bits per heavy atom. The van der Waals surface area contributed by atoms with Gasteiger partial charge in [-0.15, -0.1) is 0 Å². The Kier molecular flexibility index (Phi) is 6.96. The van der Waals surface area contributed by atoms with Gasteiger partial charge in [0.25, 0.3) is 0 Å². The molecular formula is C12H27N3O. The molecule has 16 heavy (non-hydrogen) atoms. The van der Waals surface area contributed by atoms with E-state index in [1.165, 1.54) is 12.8 Å². The van der Waals surface area contributed by atoms with Gasteiger partial charge in [-0.1, -0.05) is 13.3 Å². The molecule has 1 unspecified atom stereocenters. The SMILES string of the molecule is CCCCN(C)CC(O)CN1CCNCC1. The lowest BCUT2D eigenvalue weighted by atomic mass is 10.2. The lowest BCUT2D eigenvalue weighted by molar-refractivity contribution is 0.0767. The molecule has 1 aliphatic heterocycles. The number of aliphatic hydroxyl groups is 1. The molecule has 4 heteroatoms. The van der Waals surface area contributed by atoms with Gasteiger partial charge in [-0.05, 0) is 20.0 Å². The van der Waals surface area contributed by atoms with E-state index in [4.69, 9.17) is 0 Å². The topological polar surface area (TPSA) is 38.7 Å². The van der Waals surface area contributed by atoms with Crippen LogP contribution in [0.4, 0.5) is 0 Å². The molecule has 96 valence electrons. The fourth-order valence-corrected chi connectivity index (χ4v) is 2.13. The number of nitrogens with zero attached hydrogens (tertiary/aromatic N) is 2. The smallest absolute Gasteiger partial charge is 0.0793 e. The van der Waals surface area contributed by atoms with Crippen LogP contribution >= 0.6 is 0 Å². The summed E-state index contributed by atoms with van der Waals surface area (Å²) in [7, 11) is 2.09. The van der Waals surface area contributed by atoms with Crippen molar-refractivity contribution in [1.82, 2.24) is 15.1 Å². The normalized spacial score (nSPS) is 20.2. The minimum absolute atomic E-state index is 0.208. The predicted octanol–water partition coefficient (Wildman–Crippen LogP) is -0.0156. The van der Waals surface area contributed by atoms with Gasteiger partial charge in [0.1, 0.15) is 0 Å². The average molecular weight is 229 g/mol. The quantitative estimate of drug-likeness (QED) is 0.644. The Morgan fingerprint density at radius 2 is 2.06 bits per heavy atom. The maximum Gasteiger partial charge on any atom is 0.0793 e. The van der Waals surface area contributed by atoms with Crippen LogP contribution in [-0.4, -0.2) is 73.9 Å². The first-order chi connectivity index (χ1) is 7.72. The zero-order valence-electron chi connectivity index (χ0n) is 10.8. The third-order valence-electron chi connectivity index (χ3n) is 3.09. The summed E-state index contributed by atoms with van der Waals surface area (Å²) in [5.41, 5.74) is 0. The Labute approximate surface area is 99.6 Å². The summed E-state index contributed by atoms with van der Waals surface area (Å²) in [6.07, 6.45) is 2.23. The highest BCUT2D eigenvalue weighted by molar-refractivity contribution is 4.72. The maximum atomic E-state index is 9.97. The summed E-state index contributed by atoms with van der Waals surface area (Å²) in [6, 6.07) is 0. The number of piperazine rings is 1. The van der Waals surface area contributed by atoms with Crippen molar-refractivity contribution in [2.75, 3.05) is 52.9 Å². The summed E-state index contributed by atoms with van der Waals surface area (Å²) in [5, 5.41) is 13.3. The molecular weight excluding hydrogens is 202 g/mol. The molecule has 0 bridgehead atoms. The van der Waals surface area contributed by atoms with Crippen LogP contribution in [0.5, 0.6) is 0 Å². The Morgan fingerprint density at radius 1 is 1.38 bits per heavy atom. The largest absolute Gasteiger partial charge is 0.390 e. The van der Waals surface area contributed by atoms with Gasteiger partial charge in [-0.25, -0.2) is 0 Å². The number of β-amino-alcohol motifs (C(OH)–C–C–N with tert-alkyl or cyclic N) is 1. The van der Waals surface area contributed by atoms with E-state index in [2.05, 4.69) is 29.1 Å². The summed E-state index contributed by atoms with van der Waals surface area (Å²) in [6.45, 7) is 9.14. The Hall–Kier alpha value is -0.160. The first-order valence-corrected chi connectivity index (χ1v) is 6.52. The van der Waals surface area contributed by atoms with Crippen LogP contribution in [-0.2, 0) is 0 Å². The standard InChI is InChI=1S/C12H27N3O/c1-3-4-7-14(2)10-12(16)11-15-8-5-13-6-9-15/h12-13,16H,3-11H2,1-2H3. The minimum Gasteiger partial charge on any atom is -0.390 e. The highest BCUT2D eigenvalue weighted by Gasteiger charge is 2.15. The molecule has 0 aromatic heterocycles. The summed E-state index contributed by atoms with van der Waals surface area (Å²) in [4.78, 5) is 4.57. The van der Waals surface area contributed by atoms with Crippen LogP contribution in [0.2, 0.25) is 0 Å². The van der Waals surface area contributed by atoms with Gasteiger partial charge in [-0.3, -0.25) is 4.90 Å². The summed E-state index contributed by atoms with van der Waals surface area (Å²) >= 11 is 0. The lowest BCUT2D eigenvalue weighted by Crippen LogP contribution is -2.48. The van der Waals surface area contributed by atoms with Crippen molar-refractivity contribution in [3.63, 3.8) is 0 Å². The molecule has 0 saturated carbocycles. The van der Waals surface area contributed by atoms with E-state index >= 15 is 0 Å². The number of likely N-dealkylation sites (N-methyl/N-ethyl adjacent to an activating group) is 1. The van der Waals surface area contributed by atoms with Crippen molar-refractivity contribution < 1.29 is 5.11 Å². The molecule has 1 heterocycles.